The van der Waals surface area contributed by atoms with E-state index in [4.69, 9.17) is 9.72 Å². The van der Waals surface area contributed by atoms with Gasteiger partial charge in [-0.1, -0.05) is 19.1 Å². The third kappa shape index (κ3) is 6.78. The molecule has 0 amide bonds. The van der Waals surface area contributed by atoms with E-state index in [1.165, 1.54) is 33.9 Å². The van der Waals surface area contributed by atoms with E-state index in [9.17, 15) is 23.1 Å². The highest BCUT2D eigenvalue weighted by Crippen LogP contribution is 2.37. The number of nitrogens with zero attached hydrogens (tertiary/aromatic N) is 1. The smallest absolute Gasteiger partial charge is 0.416 e. The van der Waals surface area contributed by atoms with Gasteiger partial charge in [-0.3, -0.25) is 0 Å². The fourth-order valence-electron chi connectivity index (χ4n) is 3.59. The van der Waals surface area contributed by atoms with Crippen LogP contribution in [0.1, 0.15) is 46.8 Å². The number of thioether (sulfide) groups is 1. The number of carboxylic acid groups (broad SMARTS) is 1. The minimum atomic E-state index is -4.38. The second kappa shape index (κ2) is 11.5. The van der Waals surface area contributed by atoms with Crippen LogP contribution in [0.15, 0.2) is 64.9 Å². The van der Waals surface area contributed by atoms with Crippen LogP contribution < -0.4 is 4.74 Å². The zero-order valence-electron chi connectivity index (χ0n) is 21.0. The summed E-state index contributed by atoms with van der Waals surface area (Å²) < 4.78 is 44.7. The molecule has 1 N–H and O–H groups in total. The van der Waals surface area contributed by atoms with Crippen molar-refractivity contribution >= 4 is 40.4 Å². The molecule has 10 heteroatoms. The Hall–Kier alpha value is -2.82. The van der Waals surface area contributed by atoms with Crippen LogP contribution in [0.5, 0.6) is 5.75 Å². The van der Waals surface area contributed by atoms with Gasteiger partial charge in [0.2, 0.25) is 5.60 Å². The molecule has 0 fully saturated rings. The van der Waals surface area contributed by atoms with E-state index < -0.39 is 23.3 Å². The Balaban J connectivity index is 1.53. The average molecular weight is 578 g/mol. The van der Waals surface area contributed by atoms with Crippen molar-refractivity contribution in [1.29, 1.82) is 0 Å². The maximum atomic E-state index is 13.0. The van der Waals surface area contributed by atoms with Crippen molar-refractivity contribution in [2.75, 3.05) is 0 Å². The first-order valence-electron chi connectivity index (χ1n) is 11.8. The lowest BCUT2D eigenvalue weighted by Gasteiger charge is -2.24. The number of carboxylic acids is 1. The van der Waals surface area contributed by atoms with Crippen molar-refractivity contribution in [3.8, 4) is 16.3 Å². The van der Waals surface area contributed by atoms with Gasteiger partial charge in [0.1, 0.15) is 10.8 Å². The van der Waals surface area contributed by atoms with Crippen molar-refractivity contribution in [1.82, 2.24) is 4.98 Å². The fraction of sp³-hybridized carbons (Fsp3) is 0.286. The summed E-state index contributed by atoms with van der Waals surface area (Å²) in [6.07, 6.45) is -3.39. The van der Waals surface area contributed by atoms with E-state index in [0.29, 0.717) is 34.9 Å². The van der Waals surface area contributed by atoms with Gasteiger partial charge in [0.25, 0.3) is 0 Å². The molecule has 0 aliphatic carbocycles. The number of aromatic nitrogens is 1. The fourth-order valence-corrected chi connectivity index (χ4v) is 6.55. The van der Waals surface area contributed by atoms with Crippen molar-refractivity contribution in [2.45, 2.75) is 56.0 Å². The van der Waals surface area contributed by atoms with Gasteiger partial charge < -0.3 is 9.84 Å². The quantitative estimate of drug-likeness (QED) is 0.191. The number of thiophene rings is 1. The Kier molecular flexibility index (Phi) is 8.54. The summed E-state index contributed by atoms with van der Waals surface area (Å²) >= 11 is 4.76. The third-order valence-electron chi connectivity index (χ3n) is 6.03. The third-order valence-corrected chi connectivity index (χ3v) is 9.45. The monoisotopic (exact) mass is 577 g/mol. The second-order valence-electron chi connectivity index (χ2n) is 8.98. The number of halogens is 3. The Morgan fingerprint density at radius 2 is 1.79 bits per heavy atom. The number of benzene rings is 2. The minimum Gasteiger partial charge on any atom is -0.478 e. The summed E-state index contributed by atoms with van der Waals surface area (Å²) in [5, 5.41) is 12.2. The number of aryl methyl sites for hydroxylation is 1. The van der Waals surface area contributed by atoms with Crippen LogP contribution in [0.25, 0.3) is 10.6 Å². The highest BCUT2D eigenvalue weighted by molar-refractivity contribution is 7.98. The molecule has 0 aliphatic heterocycles. The molecule has 1 atom stereocenters. The molecule has 0 bridgehead atoms. The minimum absolute atomic E-state index is 0.331. The molecule has 38 heavy (non-hydrogen) atoms. The maximum Gasteiger partial charge on any atom is 0.416 e. The van der Waals surface area contributed by atoms with Crippen molar-refractivity contribution in [3.63, 3.8) is 0 Å². The van der Waals surface area contributed by atoms with Gasteiger partial charge in [-0.15, -0.1) is 34.4 Å². The van der Waals surface area contributed by atoms with Gasteiger partial charge in [-0.05, 0) is 73.7 Å². The summed E-state index contributed by atoms with van der Waals surface area (Å²) in [7, 11) is 0. The molecule has 2 heterocycles. The lowest BCUT2D eigenvalue weighted by atomic mass is 10.0. The van der Waals surface area contributed by atoms with E-state index in [1.807, 2.05) is 19.1 Å². The number of rotatable bonds is 10. The number of carbonyl (C=O) groups is 1. The lowest BCUT2D eigenvalue weighted by Crippen LogP contribution is -2.40. The number of alkyl halides is 3. The molecule has 2 aromatic heterocycles. The Morgan fingerprint density at radius 3 is 2.34 bits per heavy atom. The summed E-state index contributed by atoms with van der Waals surface area (Å²) in [5.74, 6) is 0.109. The molecule has 0 radical (unpaired) electrons. The van der Waals surface area contributed by atoms with Gasteiger partial charge >= 0.3 is 12.1 Å². The molecule has 0 aliphatic rings. The molecule has 0 saturated carbocycles. The molecule has 0 spiro atoms. The summed E-state index contributed by atoms with van der Waals surface area (Å²) in [4.78, 5) is 19.6. The molecular weight excluding hydrogens is 552 g/mol. The van der Waals surface area contributed by atoms with Crippen LogP contribution in [0.2, 0.25) is 0 Å². The van der Waals surface area contributed by atoms with Gasteiger partial charge in [-0.2, -0.15) is 13.2 Å². The van der Waals surface area contributed by atoms with Crippen LogP contribution in [0.4, 0.5) is 13.2 Å². The Bertz CT molecular complexity index is 1400. The number of hydrogen-bond acceptors (Lipinski definition) is 6. The SMILES string of the molecule is CCC(C)(Oc1ccc(SCc2sc(-c3ccc(C(F)(F)F)cc3)nc2Cc2cc(C)cs2)cc1)C(=O)O. The van der Waals surface area contributed by atoms with Crippen LogP contribution >= 0.6 is 34.4 Å². The first-order chi connectivity index (χ1) is 18.0. The van der Waals surface area contributed by atoms with E-state index in [0.717, 1.165) is 27.6 Å². The summed E-state index contributed by atoms with van der Waals surface area (Å²) in [6, 6.07) is 14.5. The van der Waals surface area contributed by atoms with Gasteiger partial charge in [0.05, 0.1) is 11.3 Å². The molecule has 4 rings (SSSR count). The zero-order valence-corrected chi connectivity index (χ0v) is 23.4. The van der Waals surface area contributed by atoms with E-state index in [2.05, 4.69) is 11.4 Å². The molecular formula is C28H26F3NO3S3. The molecule has 2 aromatic carbocycles. The van der Waals surface area contributed by atoms with E-state index in [-0.39, 0.29) is 0 Å². The molecule has 4 nitrogen and oxygen atoms in total. The maximum absolute atomic E-state index is 13.0. The zero-order chi connectivity index (χ0) is 27.5. The van der Waals surface area contributed by atoms with Gasteiger partial charge in [0, 0.05) is 32.4 Å². The van der Waals surface area contributed by atoms with E-state index in [1.54, 1.807) is 49.1 Å². The predicted octanol–water partition coefficient (Wildman–Crippen LogP) is 8.71. The van der Waals surface area contributed by atoms with Crippen molar-refractivity contribution in [3.05, 3.63) is 86.6 Å². The average Bonchev–Trinajstić information content (AvgIpc) is 3.48. The van der Waals surface area contributed by atoms with E-state index >= 15 is 0 Å². The highest BCUT2D eigenvalue weighted by atomic mass is 32.2. The van der Waals surface area contributed by atoms with Crippen LogP contribution in [-0.2, 0) is 23.1 Å². The number of hydrogen-bond donors (Lipinski definition) is 1. The first-order valence-corrected chi connectivity index (χ1v) is 14.5. The number of ether oxygens (including phenoxy) is 1. The summed E-state index contributed by atoms with van der Waals surface area (Å²) in [5.41, 5.74) is 0.781. The van der Waals surface area contributed by atoms with Crippen LogP contribution in [0, 0.1) is 6.92 Å². The molecule has 200 valence electrons. The Labute approximate surface area is 231 Å². The highest BCUT2D eigenvalue weighted by Gasteiger charge is 2.33. The predicted molar refractivity (Wildman–Crippen MR) is 147 cm³/mol. The normalized spacial score (nSPS) is 13.3. The molecule has 0 saturated heterocycles. The molecule has 4 aromatic rings. The van der Waals surface area contributed by atoms with Crippen LogP contribution in [-0.4, -0.2) is 21.7 Å². The first kappa shape index (κ1) is 28.2. The van der Waals surface area contributed by atoms with Crippen molar-refractivity contribution in [2.24, 2.45) is 0 Å². The largest absolute Gasteiger partial charge is 0.478 e. The Morgan fingerprint density at radius 1 is 1.11 bits per heavy atom. The van der Waals surface area contributed by atoms with Crippen LogP contribution in [0.3, 0.4) is 0 Å². The van der Waals surface area contributed by atoms with Gasteiger partial charge in [-0.25, -0.2) is 9.78 Å². The van der Waals surface area contributed by atoms with Crippen molar-refractivity contribution < 1.29 is 27.8 Å². The standard InChI is InChI=1S/C28H26F3NO3S3/c1-4-27(3,26(33)34)35-20-9-11-21(12-10-20)37-16-24-23(14-22-13-17(2)15-36-22)32-25(38-24)18-5-7-19(8-6-18)28(29,30)31/h5-13,15H,4,14,16H2,1-3H3,(H,33,34). The van der Waals surface area contributed by atoms with Gasteiger partial charge in [0.15, 0.2) is 0 Å². The topological polar surface area (TPSA) is 59.4 Å². The molecule has 1 unspecified atom stereocenters. The number of thiazole rings is 1. The second-order valence-corrected chi connectivity index (χ2v) is 12.1. The summed E-state index contributed by atoms with van der Waals surface area (Å²) in [6.45, 7) is 5.35. The lowest BCUT2D eigenvalue weighted by molar-refractivity contribution is -0.154. The number of aliphatic carboxylic acids is 1.